The van der Waals surface area contributed by atoms with Crippen molar-refractivity contribution in [1.29, 1.82) is 0 Å². The van der Waals surface area contributed by atoms with Gasteiger partial charge in [-0.2, -0.15) is 0 Å². The molecule has 1 N–H and O–H groups in total. The van der Waals surface area contributed by atoms with E-state index >= 15 is 0 Å². The van der Waals surface area contributed by atoms with Crippen molar-refractivity contribution in [3.63, 3.8) is 0 Å². The molecule has 0 aliphatic rings. The third-order valence-corrected chi connectivity index (χ3v) is 2.40. The maximum absolute atomic E-state index is 5.44. The molecule has 0 spiro atoms. The van der Waals surface area contributed by atoms with E-state index in [0.717, 1.165) is 19.1 Å². The average molecular weight is 217 g/mol. The normalized spacial score (nSPS) is 15.2. The summed E-state index contributed by atoms with van der Waals surface area (Å²) in [6.45, 7) is 9.89. The second-order valence-electron chi connectivity index (χ2n) is 4.27. The molecule has 0 aromatic heterocycles. The molecule has 0 bridgehead atoms. The van der Waals surface area contributed by atoms with Gasteiger partial charge in [0.2, 0.25) is 0 Å². The molecular weight excluding hydrogens is 190 g/mol. The summed E-state index contributed by atoms with van der Waals surface area (Å²) in [5, 5.41) is 3.48. The molecule has 2 atom stereocenters. The Balaban J connectivity index is 3.28. The van der Waals surface area contributed by atoms with Gasteiger partial charge in [-0.1, -0.05) is 20.3 Å². The van der Waals surface area contributed by atoms with E-state index < -0.39 is 0 Å². The Labute approximate surface area is 94.5 Å². The van der Waals surface area contributed by atoms with Gasteiger partial charge < -0.3 is 14.8 Å². The van der Waals surface area contributed by atoms with Crippen LogP contribution in [0.3, 0.4) is 0 Å². The predicted molar refractivity (Wildman–Crippen MR) is 64.2 cm³/mol. The van der Waals surface area contributed by atoms with Gasteiger partial charge in [0.1, 0.15) is 0 Å². The maximum Gasteiger partial charge on any atom is 0.0701 e. The lowest BCUT2D eigenvalue weighted by atomic mass is 10.1. The third kappa shape index (κ3) is 10.2. The minimum Gasteiger partial charge on any atom is -0.382 e. The Morgan fingerprint density at radius 1 is 1.20 bits per heavy atom. The van der Waals surface area contributed by atoms with Crippen molar-refractivity contribution in [2.75, 3.05) is 33.5 Å². The zero-order valence-corrected chi connectivity index (χ0v) is 10.7. The van der Waals surface area contributed by atoms with Crippen molar-refractivity contribution in [3.05, 3.63) is 0 Å². The van der Waals surface area contributed by atoms with Gasteiger partial charge >= 0.3 is 0 Å². The van der Waals surface area contributed by atoms with Gasteiger partial charge in [-0.25, -0.2) is 0 Å². The zero-order chi connectivity index (χ0) is 11.5. The molecule has 0 saturated carbocycles. The molecule has 0 heterocycles. The highest BCUT2D eigenvalue weighted by Gasteiger charge is 2.04. The number of hydrogen-bond acceptors (Lipinski definition) is 3. The minimum absolute atomic E-state index is 0.432. The molecule has 3 heteroatoms. The number of nitrogens with one attached hydrogen (secondary N) is 1. The second kappa shape index (κ2) is 10.4. The number of hydrogen-bond donors (Lipinski definition) is 1. The molecule has 0 aliphatic heterocycles. The lowest BCUT2D eigenvalue weighted by Gasteiger charge is -2.17. The van der Waals surface area contributed by atoms with Crippen LogP contribution in [0.4, 0.5) is 0 Å². The Bertz CT molecular complexity index is 131. The van der Waals surface area contributed by atoms with E-state index in [1.165, 1.54) is 12.8 Å². The van der Waals surface area contributed by atoms with Crippen LogP contribution in [-0.2, 0) is 9.47 Å². The highest BCUT2D eigenvalue weighted by Crippen LogP contribution is 2.03. The summed E-state index contributed by atoms with van der Waals surface area (Å²) in [6.07, 6.45) is 2.56. The fraction of sp³-hybridized carbons (Fsp3) is 1.00. The first-order valence-corrected chi connectivity index (χ1v) is 6.00. The van der Waals surface area contributed by atoms with E-state index in [1.54, 1.807) is 7.11 Å². The quantitative estimate of drug-likeness (QED) is 0.568. The van der Waals surface area contributed by atoms with Gasteiger partial charge in [0.15, 0.2) is 0 Å². The second-order valence-corrected chi connectivity index (χ2v) is 4.27. The minimum atomic E-state index is 0.432. The van der Waals surface area contributed by atoms with E-state index in [0.29, 0.717) is 19.3 Å². The first-order chi connectivity index (χ1) is 7.20. The van der Waals surface area contributed by atoms with Gasteiger partial charge in [0.25, 0.3) is 0 Å². The summed E-state index contributed by atoms with van der Waals surface area (Å²) in [5.41, 5.74) is 0. The molecule has 0 amide bonds. The molecule has 0 rings (SSSR count). The van der Waals surface area contributed by atoms with Crippen molar-refractivity contribution in [2.45, 2.75) is 39.7 Å². The lowest BCUT2D eigenvalue weighted by Crippen LogP contribution is -2.34. The summed E-state index contributed by atoms with van der Waals surface area (Å²) in [4.78, 5) is 0. The van der Waals surface area contributed by atoms with Crippen molar-refractivity contribution < 1.29 is 9.47 Å². The summed E-state index contributed by atoms with van der Waals surface area (Å²) in [5.74, 6) is 0.761. The molecule has 0 saturated heterocycles. The molecule has 92 valence electrons. The summed E-state index contributed by atoms with van der Waals surface area (Å²) >= 11 is 0. The van der Waals surface area contributed by atoms with Crippen LogP contribution in [0, 0.1) is 5.92 Å². The standard InChI is InChI=1S/C12H27NO2/c1-5-6-11(2)9-13-12(3)10-15-8-7-14-4/h11-13H,5-10H2,1-4H3. The largest absolute Gasteiger partial charge is 0.382 e. The van der Waals surface area contributed by atoms with E-state index in [9.17, 15) is 0 Å². The summed E-state index contributed by atoms with van der Waals surface area (Å²) in [6, 6.07) is 0.432. The van der Waals surface area contributed by atoms with Crippen LogP contribution >= 0.6 is 0 Å². The maximum atomic E-state index is 5.44. The van der Waals surface area contributed by atoms with Crippen LogP contribution in [0.5, 0.6) is 0 Å². The van der Waals surface area contributed by atoms with E-state index in [2.05, 4.69) is 26.1 Å². The first kappa shape index (κ1) is 14.9. The number of rotatable bonds is 10. The van der Waals surface area contributed by atoms with Crippen LogP contribution < -0.4 is 5.32 Å². The predicted octanol–water partition coefficient (Wildman–Crippen LogP) is 2.06. The number of ether oxygens (including phenoxy) is 2. The fourth-order valence-corrected chi connectivity index (χ4v) is 1.46. The molecule has 0 aliphatic carbocycles. The van der Waals surface area contributed by atoms with Crippen LogP contribution in [0.25, 0.3) is 0 Å². The van der Waals surface area contributed by atoms with Gasteiger partial charge in [0.05, 0.1) is 19.8 Å². The van der Waals surface area contributed by atoms with Gasteiger partial charge in [0, 0.05) is 13.2 Å². The first-order valence-electron chi connectivity index (χ1n) is 6.00. The Morgan fingerprint density at radius 3 is 2.53 bits per heavy atom. The monoisotopic (exact) mass is 217 g/mol. The van der Waals surface area contributed by atoms with Crippen LogP contribution in [0.1, 0.15) is 33.6 Å². The lowest BCUT2D eigenvalue weighted by molar-refractivity contribution is 0.0605. The number of methoxy groups -OCH3 is 1. The molecule has 15 heavy (non-hydrogen) atoms. The van der Waals surface area contributed by atoms with Crippen molar-refractivity contribution in [1.82, 2.24) is 5.32 Å². The molecule has 0 aromatic rings. The van der Waals surface area contributed by atoms with Crippen molar-refractivity contribution >= 4 is 0 Å². The summed E-state index contributed by atoms with van der Waals surface area (Å²) in [7, 11) is 1.69. The van der Waals surface area contributed by atoms with Gasteiger partial charge in [-0.05, 0) is 25.8 Å². The van der Waals surface area contributed by atoms with Gasteiger partial charge in [-0.3, -0.25) is 0 Å². The molecular formula is C12H27NO2. The Hall–Kier alpha value is -0.120. The average Bonchev–Trinajstić information content (AvgIpc) is 2.22. The van der Waals surface area contributed by atoms with E-state index in [1.807, 2.05) is 0 Å². The summed E-state index contributed by atoms with van der Waals surface area (Å²) < 4.78 is 10.3. The Morgan fingerprint density at radius 2 is 1.93 bits per heavy atom. The van der Waals surface area contributed by atoms with Crippen LogP contribution in [-0.4, -0.2) is 39.5 Å². The highest BCUT2D eigenvalue weighted by atomic mass is 16.5. The van der Waals surface area contributed by atoms with Crippen molar-refractivity contribution in [2.24, 2.45) is 5.92 Å². The Kier molecular flexibility index (Phi) is 10.3. The SMILES string of the molecule is CCCC(C)CNC(C)COCCOC. The van der Waals surface area contributed by atoms with E-state index in [-0.39, 0.29) is 0 Å². The fourth-order valence-electron chi connectivity index (χ4n) is 1.46. The highest BCUT2D eigenvalue weighted by molar-refractivity contribution is 4.62. The molecule has 3 nitrogen and oxygen atoms in total. The third-order valence-electron chi connectivity index (χ3n) is 2.40. The van der Waals surface area contributed by atoms with Crippen LogP contribution in [0.15, 0.2) is 0 Å². The van der Waals surface area contributed by atoms with Crippen molar-refractivity contribution in [3.8, 4) is 0 Å². The smallest absolute Gasteiger partial charge is 0.0701 e. The molecule has 0 radical (unpaired) electrons. The molecule has 0 fully saturated rings. The van der Waals surface area contributed by atoms with Crippen LogP contribution in [0.2, 0.25) is 0 Å². The molecule has 0 aromatic carbocycles. The topological polar surface area (TPSA) is 30.5 Å². The zero-order valence-electron chi connectivity index (χ0n) is 10.7. The van der Waals surface area contributed by atoms with E-state index in [4.69, 9.17) is 9.47 Å². The molecule has 2 unspecified atom stereocenters. The van der Waals surface area contributed by atoms with Gasteiger partial charge in [-0.15, -0.1) is 0 Å².